The minimum Gasteiger partial charge on any atom is -0.543 e. The summed E-state index contributed by atoms with van der Waals surface area (Å²) < 4.78 is 1.38. The second-order valence-corrected chi connectivity index (χ2v) is 2.24. The van der Waals surface area contributed by atoms with E-state index >= 15 is 0 Å². The first-order valence-corrected chi connectivity index (χ1v) is 3.29. The molecular formula is C7H4N3O2-. The van der Waals surface area contributed by atoms with Crippen LogP contribution in [0.1, 0.15) is 10.5 Å². The number of rotatable bonds is 1. The molecule has 0 atom stereocenters. The fourth-order valence-corrected chi connectivity index (χ4v) is 0.929. The number of aromatic nitrogens is 3. The molecule has 2 rings (SSSR count). The van der Waals surface area contributed by atoms with E-state index in [9.17, 15) is 9.90 Å². The fourth-order valence-electron chi connectivity index (χ4n) is 0.929. The average Bonchev–Trinajstić information content (AvgIpc) is 2.46. The summed E-state index contributed by atoms with van der Waals surface area (Å²) in [6, 6.07) is 3.35. The number of nitrogens with zero attached hydrogens (tertiary/aromatic N) is 3. The Balaban J connectivity index is 2.70. The van der Waals surface area contributed by atoms with E-state index in [1.54, 1.807) is 18.3 Å². The minimum atomic E-state index is -1.29. The molecule has 2 aromatic heterocycles. The van der Waals surface area contributed by atoms with E-state index < -0.39 is 5.97 Å². The highest BCUT2D eigenvalue weighted by Gasteiger charge is 2.00. The van der Waals surface area contributed by atoms with E-state index in [0.29, 0.717) is 5.65 Å². The molecule has 0 unspecified atom stereocenters. The molecule has 0 aliphatic rings. The Morgan fingerprint density at radius 2 is 2.42 bits per heavy atom. The third-order valence-electron chi connectivity index (χ3n) is 1.45. The van der Waals surface area contributed by atoms with Crippen molar-refractivity contribution >= 4 is 11.6 Å². The van der Waals surface area contributed by atoms with Gasteiger partial charge in [0, 0.05) is 6.20 Å². The molecule has 0 spiro atoms. The molecular weight excluding hydrogens is 158 g/mol. The Hall–Kier alpha value is -1.91. The van der Waals surface area contributed by atoms with Crippen LogP contribution in [0.25, 0.3) is 5.65 Å². The van der Waals surface area contributed by atoms with Gasteiger partial charge < -0.3 is 9.90 Å². The topological polar surface area (TPSA) is 70.3 Å². The van der Waals surface area contributed by atoms with Crippen molar-refractivity contribution in [2.75, 3.05) is 0 Å². The van der Waals surface area contributed by atoms with Crippen LogP contribution < -0.4 is 5.11 Å². The van der Waals surface area contributed by atoms with Crippen molar-refractivity contribution < 1.29 is 9.90 Å². The normalized spacial score (nSPS) is 10.3. The molecule has 0 radical (unpaired) electrons. The van der Waals surface area contributed by atoms with Gasteiger partial charge in [0.05, 0.1) is 12.2 Å². The molecule has 12 heavy (non-hydrogen) atoms. The number of aromatic carboxylic acids is 1. The van der Waals surface area contributed by atoms with Crippen LogP contribution in [0.2, 0.25) is 0 Å². The molecule has 2 heterocycles. The van der Waals surface area contributed by atoms with E-state index in [-0.39, 0.29) is 5.69 Å². The monoisotopic (exact) mass is 162 g/mol. The zero-order chi connectivity index (χ0) is 8.55. The van der Waals surface area contributed by atoms with Crippen LogP contribution in [0.4, 0.5) is 0 Å². The average molecular weight is 162 g/mol. The van der Waals surface area contributed by atoms with Gasteiger partial charge in [-0.3, -0.25) is 0 Å². The summed E-state index contributed by atoms with van der Waals surface area (Å²) in [7, 11) is 0. The highest BCUT2D eigenvalue weighted by Crippen LogP contribution is 2.00. The van der Waals surface area contributed by atoms with Gasteiger partial charge in [0.15, 0.2) is 5.65 Å². The molecule has 0 aliphatic heterocycles. The number of hydrogen-bond donors (Lipinski definition) is 0. The highest BCUT2D eigenvalue weighted by molar-refractivity contribution is 5.84. The summed E-state index contributed by atoms with van der Waals surface area (Å²) in [6.45, 7) is 0. The summed E-state index contributed by atoms with van der Waals surface area (Å²) in [6.07, 6.45) is 2.86. The van der Waals surface area contributed by atoms with Crippen LogP contribution in [-0.4, -0.2) is 20.6 Å². The molecule has 2 aromatic rings. The standard InChI is InChI=1S/C7H5N3O2/c11-7(12)5-4-10-6(9-5)2-1-3-8-10/h1-4H,(H,11,12)/p-1. The number of carbonyl (C=O) groups is 1. The van der Waals surface area contributed by atoms with Crippen LogP contribution in [0.3, 0.4) is 0 Å². The molecule has 0 saturated heterocycles. The van der Waals surface area contributed by atoms with Gasteiger partial charge in [-0.15, -0.1) is 0 Å². The van der Waals surface area contributed by atoms with Crippen molar-refractivity contribution in [1.82, 2.24) is 14.6 Å². The molecule has 0 bridgehead atoms. The Morgan fingerprint density at radius 3 is 3.08 bits per heavy atom. The number of carbonyl (C=O) groups excluding carboxylic acids is 1. The zero-order valence-electron chi connectivity index (χ0n) is 5.97. The van der Waals surface area contributed by atoms with Gasteiger partial charge in [-0.1, -0.05) is 0 Å². The summed E-state index contributed by atoms with van der Waals surface area (Å²) in [5.41, 5.74) is 0.394. The van der Waals surface area contributed by atoms with Gasteiger partial charge in [0.25, 0.3) is 0 Å². The molecule has 0 amide bonds. The van der Waals surface area contributed by atoms with Gasteiger partial charge >= 0.3 is 0 Å². The first-order chi connectivity index (χ1) is 5.77. The number of carboxylic acid groups (broad SMARTS) is 1. The predicted octanol–water partition coefficient (Wildman–Crippen LogP) is -0.907. The van der Waals surface area contributed by atoms with Crippen LogP contribution in [0, 0.1) is 0 Å². The number of fused-ring (bicyclic) bond motifs is 1. The van der Waals surface area contributed by atoms with Crippen molar-refractivity contribution in [3.05, 3.63) is 30.2 Å². The molecule has 0 saturated carbocycles. The maximum Gasteiger partial charge on any atom is 0.154 e. The van der Waals surface area contributed by atoms with Crippen molar-refractivity contribution in [3.63, 3.8) is 0 Å². The third kappa shape index (κ3) is 0.914. The largest absolute Gasteiger partial charge is 0.543 e. The summed E-state index contributed by atoms with van der Waals surface area (Å²) in [4.78, 5) is 14.1. The lowest BCUT2D eigenvalue weighted by atomic mass is 10.5. The third-order valence-corrected chi connectivity index (χ3v) is 1.45. The predicted molar refractivity (Wildman–Crippen MR) is 37.3 cm³/mol. The maximum absolute atomic E-state index is 10.4. The SMILES string of the molecule is O=C([O-])c1cn2ncccc2n1. The van der Waals surface area contributed by atoms with E-state index in [0.717, 1.165) is 0 Å². The molecule has 0 N–H and O–H groups in total. The van der Waals surface area contributed by atoms with Crippen LogP contribution in [0.5, 0.6) is 0 Å². The van der Waals surface area contributed by atoms with Gasteiger partial charge in [-0.25, -0.2) is 9.50 Å². The first kappa shape index (κ1) is 6.78. The number of carboxylic acids is 1. The Kier molecular flexibility index (Phi) is 1.30. The van der Waals surface area contributed by atoms with E-state index in [1.807, 2.05) is 0 Å². The molecule has 60 valence electrons. The van der Waals surface area contributed by atoms with Gasteiger partial charge in [-0.05, 0) is 12.1 Å². The van der Waals surface area contributed by atoms with Crippen molar-refractivity contribution in [3.8, 4) is 0 Å². The van der Waals surface area contributed by atoms with Crippen molar-refractivity contribution in [1.29, 1.82) is 0 Å². The first-order valence-electron chi connectivity index (χ1n) is 3.29. The maximum atomic E-state index is 10.4. The fraction of sp³-hybridized carbons (Fsp3) is 0. The summed E-state index contributed by atoms with van der Waals surface area (Å²) in [5, 5.41) is 14.2. The zero-order valence-corrected chi connectivity index (χ0v) is 5.97. The van der Waals surface area contributed by atoms with Gasteiger partial charge in [-0.2, -0.15) is 5.10 Å². The van der Waals surface area contributed by atoms with Crippen molar-refractivity contribution in [2.45, 2.75) is 0 Å². The lowest BCUT2D eigenvalue weighted by molar-refractivity contribution is -0.255. The summed E-state index contributed by atoms with van der Waals surface area (Å²) in [5.74, 6) is -1.29. The van der Waals surface area contributed by atoms with Crippen LogP contribution >= 0.6 is 0 Å². The Labute approximate surface area is 67.3 Å². The second kappa shape index (κ2) is 2.30. The van der Waals surface area contributed by atoms with E-state index in [2.05, 4.69) is 10.1 Å². The minimum absolute atomic E-state index is 0.103. The quantitative estimate of drug-likeness (QED) is 0.544. The molecule has 0 aromatic carbocycles. The van der Waals surface area contributed by atoms with E-state index in [1.165, 1.54) is 10.7 Å². The van der Waals surface area contributed by atoms with Gasteiger partial charge in [0.2, 0.25) is 0 Å². The smallest absolute Gasteiger partial charge is 0.154 e. The molecule has 5 heteroatoms. The second-order valence-electron chi connectivity index (χ2n) is 2.24. The van der Waals surface area contributed by atoms with Crippen LogP contribution in [0.15, 0.2) is 24.5 Å². The number of imidazole rings is 1. The molecule has 5 nitrogen and oxygen atoms in total. The lowest BCUT2D eigenvalue weighted by Crippen LogP contribution is -2.22. The Bertz CT molecular complexity index is 402. The molecule has 0 fully saturated rings. The number of hydrogen-bond acceptors (Lipinski definition) is 4. The molecule has 0 aliphatic carbocycles. The van der Waals surface area contributed by atoms with Gasteiger partial charge in [0.1, 0.15) is 5.69 Å². The highest BCUT2D eigenvalue weighted by atomic mass is 16.4. The van der Waals surface area contributed by atoms with Crippen molar-refractivity contribution in [2.24, 2.45) is 0 Å². The lowest BCUT2D eigenvalue weighted by Gasteiger charge is -1.90. The summed E-state index contributed by atoms with van der Waals surface area (Å²) >= 11 is 0. The van der Waals surface area contributed by atoms with E-state index in [4.69, 9.17) is 0 Å². The Morgan fingerprint density at radius 1 is 1.58 bits per heavy atom. The van der Waals surface area contributed by atoms with Crippen LogP contribution in [-0.2, 0) is 0 Å².